The van der Waals surface area contributed by atoms with Gasteiger partial charge in [-0.15, -0.1) is 0 Å². The van der Waals surface area contributed by atoms with E-state index in [9.17, 15) is 0 Å². The number of nitrogens with one attached hydrogen (secondary N) is 1. The van der Waals surface area contributed by atoms with Gasteiger partial charge >= 0.3 is 0 Å². The van der Waals surface area contributed by atoms with E-state index in [4.69, 9.17) is 4.74 Å². The normalized spacial score (nSPS) is 12.7. The lowest BCUT2D eigenvalue weighted by molar-refractivity contribution is 0.368. The maximum absolute atomic E-state index is 5.47. The summed E-state index contributed by atoms with van der Waals surface area (Å²) < 4.78 is 5.47. The van der Waals surface area contributed by atoms with Crippen LogP contribution in [0.2, 0.25) is 0 Å². The molecule has 0 aliphatic heterocycles. The number of hydrogen-bond donors (Lipinski definition) is 1. The summed E-state index contributed by atoms with van der Waals surface area (Å²) >= 11 is 0. The van der Waals surface area contributed by atoms with Crippen LogP contribution in [0.15, 0.2) is 18.2 Å². The number of rotatable bonds is 9. The van der Waals surface area contributed by atoms with Gasteiger partial charge in [0.25, 0.3) is 0 Å². The lowest BCUT2D eigenvalue weighted by Crippen LogP contribution is -2.24. The fourth-order valence-electron chi connectivity index (χ4n) is 2.66. The minimum Gasteiger partial charge on any atom is -0.496 e. The predicted octanol–water partition coefficient (Wildman–Crippen LogP) is 4.87. The van der Waals surface area contributed by atoms with E-state index < -0.39 is 0 Å². The number of ether oxygens (including phenoxy) is 1. The number of benzene rings is 1. The Hall–Kier alpha value is -1.02. The van der Waals surface area contributed by atoms with E-state index in [1.54, 1.807) is 7.11 Å². The molecule has 2 heteroatoms. The summed E-state index contributed by atoms with van der Waals surface area (Å²) in [5.41, 5.74) is 2.56. The van der Waals surface area contributed by atoms with Gasteiger partial charge in [-0.3, -0.25) is 0 Å². The van der Waals surface area contributed by atoms with Crippen LogP contribution in [0.5, 0.6) is 5.75 Å². The molecule has 1 rings (SSSR count). The summed E-state index contributed by atoms with van der Waals surface area (Å²) in [7, 11) is 1.75. The van der Waals surface area contributed by atoms with Crippen LogP contribution < -0.4 is 10.1 Å². The fraction of sp³-hybridized carbons (Fsp3) is 0.667. The van der Waals surface area contributed by atoms with E-state index in [0.717, 1.165) is 18.2 Å². The molecule has 0 aliphatic rings. The van der Waals surface area contributed by atoms with Gasteiger partial charge in [-0.05, 0) is 49.4 Å². The molecule has 0 bridgehead atoms. The van der Waals surface area contributed by atoms with E-state index in [2.05, 4.69) is 51.2 Å². The van der Waals surface area contributed by atoms with Crippen LogP contribution in [0.1, 0.15) is 63.6 Å². The van der Waals surface area contributed by atoms with Crippen molar-refractivity contribution < 1.29 is 4.74 Å². The maximum atomic E-state index is 5.47. The van der Waals surface area contributed by atoms with Crippen molar-refractivity contribution in [2.45, 2.75) is 59.4 Å². The number of methoxy groups -OCH3 is 1. The van der Waals surface area contributed by atoms with Crippen molar-refractivity contribution in [3.8, 4) is 5.75 Å². The van der Waals surface area contributed by atoms with Crippen LogP contribution in [0.25, 0.3) is 0 Å². The third kappa shape index (κ3) is 4.82. The minimum atomic E-state index is 0.439. The molecular formula is C18H31NO. The highest BCUT2D eigenvalue weighted by molar-refractivity contribution is 5.37. The van der Waals surface area contributed by atoms with E-state index in [1.165, 1.54) is 36.8 Å². The number of hydrogen-bond acceptors (Lipinski definition) is 2. The molecule has 0 saturated heterocycles. The molecular weight excluding hydrogens is 246 g/mol. The van der Waals surface area contributed by atoms with Gasteiger partial charge in [0.1, 0.15) is 5.75 Å². The van der Waals surface area contributed by atoms with Crippen LogP contribution in [0.3, 0.4) is 0 Å². The van der Waals surface area contributed by atoms with Crippen LogP contribution in [-0.2, 0) is 0 Å². The molecule has 0 radical (unpaired) electrons. The molecule has 0 aromatic heterocycles. The number of aryl methyl sites for hydroxylation is 1. The van der Waals surface area contributed by atoms with Gasteiger partial charge in [0.15, 0.2) is 0 Å². The molecule has 1 N–H and O–H groups in total. The molecule has 0 aliphatic carbocycles. The van der Waals surface area contributed by atoms with Gasteiger partial charge in [-0.2, -0.15) is 0 Å². The molecule has 0 fully saturated rings. The summed E-state index contributed by atoms with van der Waals surface area (Å²) in [4.78, 5) is 0. The van der Waals surface area contributed by atoms with Gasteiger partial charge in [0.2, 0.25) is 0 Å². The lowest BCUT2D eigenvalue weighted by Gasteiger charge is -2.24. The summed E-state index contributed by atoms with van der Waals surface area (Å²) in [5.74, 6) is 1.78. The summed E-state index contributed by atoms with van der Waals surface area (Å²) in [6, 6.07) is 7.05. The van der Waals surface area contributed by atoms with Crippen LogP contribution in [-0.4, -0.2) is 13.7 Å². The van der Waals surface area contributed by atoms with Crippen molar-refractivity contribution >= 4 is 0 Å². The summed E-state index contributed by atoms with van der Waals surface area (Å²) in [5, 5.41) is 3.70. The zero-order valence-corrected chi connectivity index (χ0v) is 13.8. The molecule has 0 amide bonds. The second-order valence-corrected chi connectivity index (χ2v) is 5.65. The average Bonchev–Trinajstić information content (AvgIpc) is 2.48. The van der Waals surface area contributed by atoms with Crippen LogP contribution in [0.4, 0.5) is 0 Å². The summed E-state index contributed by atoms with van der Waals surface area (Å²) in [6.07, 6.45) is 4.88. The zero-order chi connectivity index (χ0) is 15.0. The third-order valence-electron chi connectivity index (χ3n) is 4.20. The molecule has 1 unspecified atom stereocenters. The van der Waals surface area contributed by atoms with Crippen molar-refractivity contribution in [3.05, 3.63) is 29.3 Å². The molecule has 2 nitrogen and oxygen atoms in total. The molecule has 1 aromatic carbocycles. The Morgan fingerprint density at radius 1 is 1.15 bits per heavy atom. The highest BCUT2D eigenvalue weighted by Crippen LogP contribution is 2.29. The first-order chi connectivity index (χ1) is 9.65. The second kappa shape index (κ2) is 9.02. The van der Waals surface area contributed by atoms with Gasteiger partial charge < -0.3 is 10.1 Å². The Kier molecular flexibility index (Phi) is 7.68. The zero-order valence-electron chi connectivity index (χ0n) is 13.8. The molecule has 114 valence electrons. The largest absolute Gasteiger partial charge is 0.496 e. The van der Waals surface area contributed by atoms with Gasteiger partial charge in [-0.1, -0.05) is 45.7 Å². The smallest absolute Gasteiger partial charge is 0.122 e. The first-order valence-electron chi connectivity index (χ1n) is 8.04. The first kappa shape index (κ1) is 17.0. The third-order valence-corrected chi connectivity index (χ3v) is 4.20. The molecule has 0 spiro atoms. The van der Waals surface area contributed by atoms with Gasteiger partial charge in [-0.25, -0.2) is 0 Å². The van der Waals surface area contributed by atoms with E-state index in [-0.39, 0.29) is 0 Å². The van der Waals surface area contributed by atoms with E-state index >= 15 is 0 Å². The molecule has 0 heterocycles. The first-order valence-corrected chi connectivity index (χ1v) is 8.04. The van der Waals surface area contributed by atoms with Crippen molar-refractivity contribution in [1.82, 2.24) is 5.32 Å². The molecule has 1 aromatic rings. The van der Waals surface area contributed by atoms with Gasteiger partial charge in [0, 0.05) is 6.04 Å². The Bertz CT molecular complexity index is 385. The second-order valence-electron chi connectivity index (χ2n) is 5.65. The highest BCUT2D eigenvalue weighted by atomic mass is 16.5. The average molecular weight is 277 g/mol. The van der Waals surface area contributed by atoms with Gasteiger partial charge in [0.05, 0.1) is 7.11 Å². The monoisotopic (exact) mass is 277 g/mol. The highest BCUT2D eigenvalue weighted by Gasteiger charge is 2.16. The Morgan fingerprint density at radius 2 is 1.85 bits per heavy atom. The molecule has 0 saturated carbocycles. The Labute approximate surface area is 124 Å². The van der Waals surface area contributed by atoms with Crippen molar-refractivity contribution in [2.75, 3.05) is 13.7 Å². The molecule has 1 atom stereocenters. The minimum absolute atomic E-state index is 0.439. The fourth-order valence-corrected chi connectivity index (χ4v) is 2.66. The standard InChI is InChI=1S/C18H31NO/c1-6-11-19-17(12-15(7-2)8-3)16-10-9-14(4)18(13-16)20-5/h9-10,13,15,17,19H,6-8,11-12H2,1-5H3. The predicted molar refractivity (Wildman–Crippen MR) is 87.5 cm³/mol. The van der Waals surface area contributed by atoms with E-state index in [1.807, 2.05) is 0 Å². The Balaban J connectivity index is 2.91. The topological polar surface area (TPSA) is 21.3 Å². The van der Waals surface area contributed by atoms with E-state index in [0.29, 0.717) is 6.04 Å². The molecule has 20 heavy (non-hydrogen) atoms. The maximum Gasteiger partial charge on any atom is 0.122 e. The van der Waals surface area contributed by atoms with Crippen molar-refractivity contribution in [3.63, 3.8) is 0 Å². The van der Waals surface area contributed by atoms with Crippen molar-refractivity contribution in [2.24, 2.45) is 5.92 Å². The summed E-state index contributed by atoms with van der Waals surface area (Å²) in [6.45, 7) is 9.97. The van der Waals surface area contributed by atoms with Crippen LogP contribution >= 0.6 is 0 Å². The lowest BCUT2D eigenvalue weighted by atomic mass is 9.90. The van der Waals surface area contributed by atoms with Crippen molar-refractivity contribution in [1.29, 1.82) is 0 Å². The Morgan fingerprint density at radius 3 is 2.40 bits per heavy atom. The quantitative estimate of drug-likeness (QED) is 0.695. The van der Waals surface area contributed by atoms with Crippen LogP contribution in [0, 0.1) is 12.8 Å². The SMILES string of the molecule is CCCNC(CC(CC)CC)c1ccc(C)c(OC)c1.